The Balaban J connectivity index is 1.70. The largest absolute Gasteiger partial charge is 0.252 e. The number of halogens is 1. The molecule has 0 amide bonds. The van der Waals surface area contributed by atoms with Crippen molar-refractivity contribution in [2.24, 2.45) is 0 Å². The zero-order valence-electron chi connectivity index (χ0n) is 15.5. The van der Waals surface area contributed by atoms with E-state index >= 15 is 0 Å². The first-order chi connectivity index (χ1) is 13.2. The molecule has 1 aliphatic heterocycles. The van der Waals surface area contributed by atoms with Gasteiger partial charge in [0.25, 0.3) is 10.0 Å². The van der Waals surface area contributed by atoms with Crippen molar-refractivity contribution < 1.29 is 16.8 Å². The van der Waals surface area contributed by atoms with Gasteiger partial charge in [-0.3, -0.25) is 0 Å². The molecule has 0 saturated carbocycles. The lowest BCUT2D eigenvalue weighted by Crippen LogP contribution is -2.44. The van der Waals surface area contributed by atoms with Gasteiger partial charge in [-0.1, -0.05) is 30.2 Å². The van der Waals surface area contributed by atoms with E-state index in [9.17, 15) is 16.8 Å². The molecule has 0 radical (unpaired) electrons. The molecule has 0 aliphatic carbocycles. The molecule has 154 valence electrons. The van der Waals surface area contributed by atoms with Gasteiger partial charge in [0.2, 0.25) is 10.0 Å². The standard InChI is InChI=1S/C18H23ClN2O4S3/c1-14-7-8-15(19)13-17(14)27(22,23)20-10-9-16-5-2-3-11-21(16)28(24,25)18-6-4-12-26-18/h4,6-8,12-13,16,20H,2-3,5,9-11H2,1H3. The Bertz CT molecular complexity index is 1020. The number of nitrogens with one attached hydrogen (secondary N) is 1. The van der Waals surface area contributed by atoms with E-state index < -0.39 is 20.0 Å². The fourth-order valence-corrected chi connectivity index (χ4v) is 7.80. The van der Waals surface area contributed by atoms with Crippen molar-refractivity contribution in [1.82, 2.24) is 9.03 Å². The first kappa shape index (κ1) is 21.7. The van der Waals surface area contributed by atoms with Crippen molar-refractivity contribution >= 4 is 43.0 Å². The number of benzene rings is 1. The predicted molar refractivity (Wildman–Crippen MR) is 112 cm³/mol. The third-order valence-electron chi connectivity index (χ3n) is 4.84. The quantitative estimate of drug-likeness (QED) is 0.681. The van der Waals surface area contributed by atoms with Crippen LogP contribution in [0.25, 0.3) is 0 Å². The highest BCUT2D eigenvalue weighted by atomic mass is 35.5. The molecule has 2 heterocycles. The van der Waals surface area contributed by atoms with Gasteiger partial charge in [-0.15, -0.1) is 11.3 Å². The van der Waals surface area contributed by atoms with Crippen molar-refractivity contribution in [2.45, 2.75) is 47.8 Å². The summed E-state index contributed by atoms with van der Waals surface area (Å²) in [6, 6.07) is 7.84. The average molecular weight is 463 g/mol. The van der Waals surface area contributed by atoms with Crippen molar-refractivity contribution in [3.8, 4) is 0 Å². The van der Waals surface area contributed by atoms with E-state index in [0.717, 1.165) is 19.3 Å². The topological polar surface area (TPSA) is 83.6 Å². The normalized spacial score (nSPS) is 19.0. The second-order valence-electron chi connectivity index (χ2n) is 6.79. The van der Waals surface area contributed by atoms with Crippen LogP contribution < -0.4 is 4.72 Å². The Morgan fingerprint density at radius 2 is 2.00 bits per heavy atom. The minimum absolute atomic E-state index is 0.145. The number of hydrogen-bond acceptors (Lipinski definition) is 5. The fraction of sp³-hybridized carbons (Fsp3) is 0.444. The van der Waals surface area contributed by atoms with Gasteiger partial charge in [0.1, 0.15) is 4.21 Å². The highest BCUT2D eigenvalue weighted by Crippen LogP contribution is 2.29. The van der Waals surface area contributed by atoms with Crippen LogP contribution in [0.3, 0.4) is 0 Å². The van der Waals surface area contributed by atoms with Crippen LogP contribution in [0.1, 0.15) is 31.2 Å². The molecular weight excluding hydrogens is 440 g/mol. The Kier molecular flexibility index (Phi) is 6.84. The summed E-state index contributed by atoms with van der Waals surface area (Å²) < 4.78 is 55.5. The SMILES string of the molecule is Cc1ccc(Cl)cc1S(=O)(=O)NCCC1CCCCN1S(=O)(=O)c1cccs1. The maximum absolute atomic E-state index is 12.9. The van der Waals surface area contributed by atoms with E-state index in [4.69, 9.17) is 11.6 Å². The van der Waals surface area contributed by atoms with Gasteiger partial charge < -0.3 is 0 Å². The molecule has 1 fully saturated rings. The summed E-state index contributed by atoms with van der Waals surface area (Å²) in [4.78, 5) is 0.145. The summed E-state index contributed by atoms with van der Waals surface area (Å²) >= 11 is 7.13. The predicted octanol–water partition coefficient (Wildman–Crippen LogP) is 3.62. The molecular formula is C18H23ClN2O4S3. The summed E-state index contributed by atoms with van der Waals surface area (Å²) in [6.45, 7) is 2.34. The van der Waals surface area contributed by atoms with Crippen molar-refractivity contribution in [3.63, 3.8) is 0 Å². The van der Waals surface area contributed by atoms with Crippen molar-refractivity contribution in [3.05, 3.63) is 46.3 Å². The molecule has 10 heteroatoms. The van der Waals surface area contributed by atoms with E-state index in [1.165, 1.54) is 21.7 Å². The van der Waals surface area contributed by atoms with Crippen LogP contribution in [0.4, 0.5) is 0 Å². The Morgan fingerprint density at radius 1 is 1.21 bits per heavy atom. The van der Waals surface area contributed by atoms with Crippen LogP contribution in [0.15, 0.2) is 44.8 Å². The minimum Gasteiger partial charge on any atom is -0.211 e. The number of hydrogen-bond donors (Lipinski definition) is 1. The summed E-state index contributed by atoms with van der Waals surface area (Å²) in [5.74, 6) is 0. The molecule has 3 rings (SSSR count). The lowest BCUT2D eigenvalue weighted by Gasteiger charge is -2.34. The fourth-order valence-electron chi connectivity index (χ4n) is 3.41. The van der Waals surface area contributed by atoms with E-state index in [1.54, 1.807) is 36.6 Å². The molecule has 0 bridgehead atoms. The molecule has 2 aromatic rings. The first-order valence-corrected chi connectivity index (χ1v) is 13.2. The Labute approximate surface area is 175 Å². The lowest BCUT2D eigenvalue weighted by molar-refractivity contribution is 0.242. The van der Waals surface area contributed by atoms with Gasteiger partial charge >= 0.3 is 0 Å². The summed E-state index contributed by atoms with van der Waals surface area (Å²) in [7, 11) is -7.25. The number of aryl methyl sites for hydroxylation is 1. The van der Waals surface area contributed by atoms with Crippen molar-refractivity contribution in [2.75, 3.05) is 13.1 Å². The maximum Gasteiger partial charge on any atom is 0.252 e. The molecule has 0 spiro atoms. The van der Waals surface area contributed by atoms with Crippen LogP contribution >= 0.6 is 22.9 Å². The van der Waals surface area contributed by atoms with Crippen LogP contribution in [-0.4, -0.2) is 40.3 Å². The highest BCUT2D eigenvalue weighted by molar-refractivity contribution is 7.91. The lowest BCUT2D eigenvalue weighted by atomic mass is 10.0. The number of nitrogens with zero attached hydrogens (tertiary/aromatic N) is 1. The van der Waals surface area contributed by atoms with Crippen LogP contribution in [0.2, 0.25) is 5.02 Å². The number of thiophene rings is 1. The zero-order valence-corrected chi connectivity index (χ0v) is 18.7. The molecule has 1 N–H and O–H groups in total. The number of rotatable bonds is 7. The summed E-state index contributed by atoms with van der Waals surface area (Å²) in [5, 5.41) is 2.10. The molecule has 1 unspecified atom stereocenters. The minimum atomic E-state index is -3.71. The van der Waals surface area contributed by atoms with E-state index in [1.807, 2.05) is 0 Å². The molecule has 1 atom stereocenters. The molecule has 1 aliphatic rings. The zero-order chi connectivity index (χ0) is 20.4. The monoisotopic (exact) mass is 462 g/mol. The van der Waals surface area contributed by atoms with Gasteiger partial charge in [-0.05, 0) is 55.3 Å². The van der Waals surface area contributed by atoms with Crippen LogP contribution in [0, 0.1) is 6.92 Å². The second kappa shape index (κ2) is 8.81. The van der Waals surface area contributed by atoms with Crippen molar-refractivity contribution in [1.29, 1.82) is 0 Å². The number of piperidine rings is 1. The molecule has 1 aromatic heterocycles. The van der Waals surface area contributed by atoms with Crippen LogP contribution in [-0.2, 0) is 20.0 Å². The maximum atomic E-state index is 12.9. The highest BCUT2D eigenvalue weighted by Gasteiger charge is 2.34. The molecule has 28 heavy (non-hydrogen) atoms. The Morgan fingerprint density at radius 3 is 2.71 bits per heavy atom. The van der Waals surface area contributed by atoms with Gasteiger partial charge in [-0.25, -0.2) is 21.6 Å². The Hall–Kier alpha value is -0.970. The van der Waals surface area contributed by atoms with E-state index in [2.05, 4.69) is 4.72 Å². The smallest absolute Gasteiger partial charge is 0.211 e. The van der Waals surface area contributed by atoms with Gasteiger partial charge in [0.05, 0.1) is 4.90 Å². The third-order valence-corrected chi connectivity index (χ3v) is 10.0. The van der Waals surface area contributed by atoms with E-state index in [0.29, 0.717) is 27.8 Å². The van der Waals surface area contributed by atoms with Crippen LogP contribution in [0.5, 0.6) is 0 Å². The molecule has 1 saturated heterocycles. The van der Waals surface area contributed by atoms with Gasteiger partial charge in [0, 0.05) is 24.2 Å². The molecule has 6 nitrogen and oxygen atoms in total. The molecule has 1 aromatic carbocycles. The first-order valence-electron chi connectivity index (χ1n) is 9.03. The van der Waals surface area contributed by atoms with E-state index in [-0.39, 0.29) is 17.5 Å². The third kappa shape index (κ3) is 4.77. The van der Waals surface area contributed by atoms with Gasteiger partial charge in [-0.2, -0.15) is 4.31 Å². The summed E-state index contributed by atoms with van der Waals surface area (Å²) in [6.07, 6.45) is 2.89. The number of sulfonamides is 2. The average Bonchev–Trinajstić information content (AvgIpc) is 3.19. The van der Waals surface area contributed by atoms with Gasteiger partial charge in [0.15, 0.2) is 0 Å². The summed E-state index contributed by atoms with van der Waals surface area (Å²) in [5.41, 5.74) is 0.608. The second-order valence-corrected chi connectivity index (χ2v) is 12.0.